The van der Waals surface area contributed by atoms with Crippen LogP contribution in [0.1, 0.15) is 46.7 Å². The predicted molar refractivity (Wildman–Crippen MR) is 82.6 cm³/mol. The van der Waals surface area contributed by atoms with Gasteiger partial charge >= 0.3 is 0 Å². The van der Waals surface area contributed by atoms with E-state index in [4.69, 9.17) is 0 Å². The summed E-state index contributed by atoms with van der Waals surface area (Å²) in [6.07, 6.45) is 4.92. The molecule has 4 heteroatoms. The lowest BCUT2D eigenvalue weighted by Gasteiger charge is -2.12. The summed E-state index contributed by atoms with van der Waals surface area (Å²) >= 11 is 1.86. The molecule has 1 aromatic carbocycles. The third-order valence-electron chi connectivity index (χ3n) is 4.05. The SMILES string of the molecule is CC(NCc1cc(F)ccc1F)c1cc2c(s1)CCCC2. The van der Waals surface area contributed by atoms with Gasteiger partial charge in [-0.3, -0.25) is 0 Å². The molecule has 1 aromatic heterocycles. The molecule has 1 aliphatic carbocycles. The summed E-state index contributed by atoms with van der Waals surface area (Å²) < 4.78 is 26.8. The Morgan fingerprint density at radius 1 is 1.19 bits per heavy atom. The minimum Gasteiger partial charge on any atom is -0.305 e. The highest BCUT2D eigenvalue weighted by Gasteiger charge is 2.16. The second-order valence-corrected chi connectivity index (χ2v) is 6.81. The lowest BCUT2D eigenvalue weighted by atomic mass is 9.99. The van der Waals surface area contributed by atoms with E-state index >= 15 is 0 Å². The van der Waals surface area contributed by atoms with Crippen molar-refractivity contribution in [2.45, 2.75) is 45.2 Å². The van der Waals surface area contributed by atoms with Gasteiger partial charge in [0.1, 0.15) is 11.6 Å². The average molecular weight is 307 g/mol. The van der Waals surface area contributed by atoms with Crippen LogP contribution in [0.5, 0.6) is 0 Å². The predicted octanol–water partition coefficient (Wildman–Crippen LogP) is 4.76. The first-order valence-corrected chi connectivity index (χ1v) is 8.24. The summed E-state index contributed by atoms with van der Waals surface area (Å²) in [5.74, 6) is -0.756. The minimum atomic E-state index is -0.396. The van der Waals surface area contributed by atoms with E-state index < -0.39 is 5.82 Å². The fourth-order valence-corrected chi connectivity index (χ4v) is 4.05. The molecule has 0 bridgehead atoms. The molecule has 0 radical (unpaired) electrons. The highest BCUT2D eigenvalue weighted by Crippen LogP contribution is 2.32. The first kappa shape index (κ1) is 14.7. The van der Waals surface area contributed by atoms with Crippen molar-refractivity contribution in [3.8, 4) is 0 Å². The van der Waals surface area contributed by atoms with E-state index in [1.165, 1.54) is 53.1 Å². The van der Waals surface area contributed by atoms with Crippen molar-refractivity contribution in [1.82, 2.24) is 5.32 Å². The number of fused-ring (bicyclic) bond motifs is 1. The highest BCUT2D eigenvalue weighted by atomic mass is 32.1. The van der Waals surface area contributed by atoms with Crippen LogP contribution in [-0.2, 0) is 19.4 Å². The number of hydrogen-bond acceptors (Lipinski definition) is 2. The fraction of sp³-hybridized carbons (Fsp3) is 0.412. The maximum absolute atomic E-state index is 13.6. The van der Waals surface area contributed by atoms with E-state index in [9.17, 15) is 8.78 Å². The molecule has 1 atom stereocenters. The van der Waals surface area contributed by atoms with Gasteiger partial charge in [-0.15, -0.1) is 11.3 Å². The zero-order chi connectivity index (χ0) is 14.8. The minimum absolute atomic E-state index is 0.156. The number of rotatable bonds is 4. The Morgan fingerprint density at radius 2 is 2.00 bits per heavy atom. The van der Waals surface area contributed by atoms with E-state index in [1.54, 1.807) is 0 Å². The fourth-order valence-electron chi connectivity index (χ4n) is 2.77. The molecule has 1 aliphatic rings. The van der Waals surface area contributed by atoms with Crippen molar-refractivity contribution in [3.05, 3.63) is 56.8 Å². The summed E-state index contributed by atoms with van der Waals surface area (Å²) in [5.41, 5.74) is 1.86. The zero-order valence-electron chi connectivity index (χ0n) is 12.1. The lowest BCUT2D eigenvalue weighted by Crippen LogP contribution is -2.18. The first-order valence-electron chi connectivity index (χ1n) is 7.42. The van der Waals surface area contributed by atoms with Crippen LogP contribution in [0.15, 0.2) is 24.3 Å². The lowest BCUT2D eigenvalue weighted by molar-refractivity contribution is 0.539. The molecule has 0 saturated heterocycles. The quantitative estimate of drug-likeness (QED) is 0.859. The van der Waals surface area contributed by atoms with Crippen LogP contribution < -0.4 is 5.32 Å². The normalized spacial score (nSPS) is 15.8. The Balaban J connectivity index is 1.67. The van der Waals surface area contributed by atoms with Crippen LogP contribution in [0.3, 0.4) is 0 Å². The molecular weight excluding hydrogens is 288 g/mol. The maximum Gasteiger partial charge on any atom is 0.127 e. The molecule has 1 heterocycles. The standard InChI is InChI=1S/C17H19F2NS/c1-11(17-9-12-4-2-3-5-16(12)21-17)20-10-13-8-14(18)6-7-15(13)19/h6-9,11,20H,2-5,10H2,1H3. The zero-order valence-corrected chi connectivity index (χ0v) is 12.9. The molecule has 0 fully saturated rings. The molecule has 3 rings (SSSR count). The van der Waals surface area contributed by atoms with E-state index in [2.05, 4.69) is 18.3 Å². The van der Waals surface area contributed by atoms with Gasteiger partial charge in [0.05, 0.1) is 0 Å². The Labute approximate surface area is 128 Å². The molecule has 1 nitrogen and oxygen atoms in total. The molecule has 0 spiro atoms. The van der Waals surface area contributed by atoms with Gasteiger partial charge in [-0.1, -0.05) is 0 Å². The second-order valence-electron chi connectivity index (χ2n) is 5.64. The van der Waals surface area contributed by atoms with Crippen molar-refractivity contribution in [1.29, 1.82) is 0 Å². The topological polar surface area (TPSA) is 12.0 Å². The van der Waals surface area contributed by atoms with Crippen molar-refractivity contribution in [2.24, 2.45) is 0 Å². The maximum atomic E-state index is 13.6. The molecule has 2 aromatic rings. The summed E-state index contributed by atoms with van der Waals surface area (Å²) in [6, 6.07) is 6.02. The Hall–Kier alpha value is -1.26. The van der Waals surface area contributed by atoms with Crippen molar-refractivity contribution >= 4 is 11.3 Å². The Morgan fingerprint density at radius 3 is 2.81 bits per heavy atom. The van der Waals surface area contributed by atoms with Crippen LogP contribution in [0.4, 0.5) is 8.78 Å². The summed E-state index contributed by atoms with van der Waals surface area (Å²) in [6.45, 7) is 2.42. The Bertz CT molecular complexity index is 612. The van der Waals surface area contributed by atoms with Gasteiger partial charge in [0.25, 0.3) is 0 Å². The summed E-state index contributed by atoms with van der Waals surface area (Å²) in [5, 5.41) is 3.30. The third kappa shape index (κ3) is 3.33. The molecule has 112 valence electrons. The van der Waals surface area contributed by atoms with Crippen LogP contribution in [0, 0.1) is 11.6 Å². The van der Waals surface area contributed by atoms with Crippen LogP contribution in [-0.4, -0.2) is 0 Å². The van der Waals surface area contributed by atoms with Crippen LogP contribution in [0.25, 0.3) is 0 Å². The van der Waals surface area contributed by atoms with E-state index in [1.807, 2.05) is 11.3 Å². The highest BCUT2D eigenvalue weighted by molar-refractivity contribution is 7.12. The van der Waals surface area contributed by atoms with Gasteiger partial charge in [-0.25, -0.2) is 8.78 Å². The third-order valence-corrected chi connectivity index (χ3v) is 5.47. The number of nitrogens with one attached hydrogen (secondary N) is 1. The molecular formula is C17H19F2NS. The number of thiophene rings is 1. The second kappa shape index (κ2) is 6.24. The van der Waals surface area contributed by atoms with E-state index in [0.717, 1.165) is 6.07 Å². The van der Waals surface area contributed by atoms with Gasteiger partial charge in [-0.2, -0.15) is 0 Å². The summed E-state index contributed by atoms with van der Waals surface area (Å²) in [7, 11) is 0. The molecule has 21 heavy (non-hydrogen) atoms. The number of hydrogen-bond donors (Lipinski definition) is 1. The molecule has 0 amide bonds. The van der Waals surface area contributed by atoms with Gasteiger partial charge in [0.15, 0.2) is 0 Å². The van der Waals surface area contributed by atoms with Crippen molar-refractivity contribution in [2.75, 3.05) is 0 Å². The smallest absolute Gasteiger partial charge is 0.127 e. The first-order chi connectivity index (χ1) is 10.1. The molecule has 0 aliphatic heterocycles. The molecule has 1 unspecified atom stereocenters. The van der Waals surface area contributed by atoms with Gasteiger partial charge in [0, 0.05) is 27.9 Å². The van der Waals surface area contributed by atoms with E-state index in [0.29, 0.717) is 12.1 Å². The molecule has 1 N–H and O–H groups in total. The van der Waals surface area contributed by atoms with Gasteiger partial charge in [-0.05, 0) is 62.4 Å². The number of halogens is 2. The van der Waals surface area contributed by atoms with E-state index in [-0.39, 0.29) is 11.9 Å². The Kier molecular flexibility index (Phi) is 4.36. The monoisotopic (exact) mass is 307 g/mol. The number of aryl methyl sites for hydroxylation is 2. The van der Waals surface area contributed by atoms with Crippen LogP contribution in [0.2, 0.25) is 0 Å². The van der Waals surface area contributed by atoms with Crippen molar-refractivity contribution < 1.29 is 8.78 Å². The van der Waals surface area contributed by atoms with Crippen molar-refractivity contribution in [3.63, 3.8) is 0 Å². The molecule has 0 saturated carbocycles. The van der Waals surface area contributed by atoms with Gasteiger partial charge < -0.3 is 5.32 Å². The average Bonchev–Trinajstić information content (AvgIpc) is 2.92. The summed E-state index contributed by atoms with van der Waals surface area (Å²) in [4.78, 5) is 2.79. The largest absolute Gasteiger partial charge is 0.305 e. The van der Waals surface area contributed by atoms with Crippen LogP contribution >= 0.6 is 11.3 Å². The number of benzene rings is 1. The van der Waals surface area contributed by atoms with Gasteiger partial charge in [0.2, 0.25) is 0 Å².